The number of para-hydroxylation sites is 1. The lowest BCUT2D eigenvalue weighted by Gasteiger charge is -2.29. The fraction of sp³-hybridized carbons (Fsp3) is 0.435. The second kappa shape index (κ2) is 8.76. The van der Waals surface area contributed by atoms with E-state index in [1.807, 2.05) is 23.1 Å². The number of aromatic nitrogens is 2. The number of hydrogen-bond donors (Lipinski definition) is 0. The van der Waals surface area contributed by atoms with Crippen molar-refractivity contribution in [2.24, 2.45) is 0 Å². The van der Waals surface area contributed by atoms with E-state index in [1.54, 1.807) is 23.0 Å². The normalized spacial score (nSPS) is 15.3. The number of thioether (sulfide) groups is 1. The van der Waals surface area contributed by atoms with Gasteiger partial charge < -0.3 is 9.64 Å². The van der Waals surface area contributed by atoms with Gasteiger partial charge in [0.25, 0.3) is 5.56 Å². The Hall–Kier alpha value is -2.16. The molecule has 0 radical (unpaired) electrons. The number of carbonyl (C=O) groups excluding carboxylic acids is 1. The van der Waals surface area contributed by atoms with Crippen LogP contribution in [0, 0.1) is 0 Å². The topological polar surface area (TPSA) is 64.4 Å². The van der Waals surface area contributed by atoms with Crippen LogP contribution in [0.15, 0.2) is 34.2 Å². The molecule has 1 aliphatic carbocycles. The molecule has 6 nitrogen and oxygen atoms in total. The second-order valence-electron chi connectivity index (χ2n) is 7.95. The third-order valence-electron chi connectivity index (χ3n) is 6.04. The van der Waals surface area contributed by atoms with Crippen molar-refractivity contribution in [3.8, 4) is 0 Å². The summed E-state index contributed by atoms with van der Waals surface area (Å²) in [6.07, 6.45) is 5.07. The molecule has 1 aliphatic heterocycles. The number of methoxy groups -OCH3 is 1. The lowest BCUT2D eigenvalue weighted by Crippen LogP contribution is -2.36. The molecular formula is C23H25N3O3S2. The maximum atomic E-state index is 13.4. The van der Waals surface area contributed by atoms with Gasteiger partial charge in [0.1, 0.15) is 4.83 Å². The highest BCUT2D eigenvalue weighted by Gasteiger charge is 2.25. The van der Waals surface area contributed by atoms with Crippen LogP contribution in [0.4, 0.5) is 5.69 Å². The summed E-state index contributed by atoms with van der Waals surface area (Å²) in [5.41, 5.74) is 3.41. The Morgan fingerprint density at radius 3 is 2.97 bits per heavy atom. The predicted molar refractivity (Wildman–Crippen MR) is 126 cm³/mol. The quantitative estimate of drug-likeness (QED) is 0.419. The summed E-state index contributed by atoms with van der Waals surface area (Å²) in [4.78, 5) is 35.2. The van der Waals surface area contributed by atoms with Crippen LogP contribution < -0.4 is 10.5 Å². The molecule has 8 heteroatoms. The van der Waals surface area contributed by atoms with Crippen molar-refractivity contribution >= 4 is 44.9 Å². The van der Waals surface area contributed by atoms with E-state index in [0.29, 0.717) is 18.3 Å². The largest absolute Gasteiger partial charge is 0.383 e. The highest BCUT2D eigenvalue weighted by atomic mass is 32.2. The molecule has 0 atom stereocenters. The Bertz CT molecular complexity index is 1200. The van der Waals surface area contributed by atoms with Gasteiger partial charge in [-0.25, -0.2) is 4.98 Å². The molecule has 162 valence electrons. The molecule has 0 unspecified atom stereocenters. The summed E-state index contributed by atoms with van der Waals surface area (Å²) < 4.78 is 6.93. The van der Waals surface area contributed by atoms with Crippen LogP contribution in [0.25, 0.3) is 10.2 Å². The van der Waals surface area contributed by atoms with E-state index < -0.39 is 0 Å². The molecular weight excluding hydrogens is 430 g/mol. The molecule has 1 aromatic carbocycles. The summed E-state index contributed by atoms with van der Waals surface area (Å²) in [6.45, 7) is 1.60. The number of hydrogen-bond acceptors (Lipinski definition) is 6. The van der Waals surface area contributed by atoms with Crippen LogP contribution in [-0.2, 0) is 35.3 Å². The maximum Gasteiger partial charge on any atom is 0.263 e. The van der Waals surface area contributed by atoms with Gasteiger partial charge in [-0.05, 0) is 49.3 Å². The van der Waals surface area contributed by atoms with Crippen molar-refractivity contribution < 1.29 is 9.53 Å². The molecule has 1 amide bonds. The molecule has 3 aromatic rings. The van der Waals surface area contributed by atoms with Gasteiger partial charge in [-0.15, -0.1) is 11.3 Å². The van der Waals surface area contributed by atoms with E-state index >= 15 is 0 Å². The predicted octanol–water partition coefficient (Wildman–Crippen LogP) is 3.66. The molecule has 0 spiro atoms. The van der Waals surface area contributed by atoms with Crippen molar-refractivity contribution in [2.45, 2.75) is 43.8 Å². The van der Waals surface area contributed by atoms with E-state index in [1.165, 1.54) is 27.8 Å². The van der Waals surface area contributed by atoms with Crippen molar-refractivity contribution in [2.75, 3.05) is 30.9 Å². The first-order valence-corrected chi connectivity index (χ1v) is 12.5. The van der Waals surface area contributed by atoms with Gasteiger partial charge in [-0.1, -0.05) is 30.0 Å². The zero-order valence-corrected chi connectivity index (χ0v) is 19.2. The number of nitrogens with zero attached hydrogens (tertiary/aromatic N) is 3. The summed E-state index contributed by atoms with van der Waals surface area (Å²) >= 11 is 2.99. The lowest BCUT2D eigenvalue weighted by atomic mass is 10.0. The van der Waals surface area contributed by atoms with Crippen LogP contribution in [0.5, 0.6) is 0 Å². The van der Waals surface area contributed by atoms with Gasteiger partial charge in [-0.3, -0.25) is 14.2 Å². The third-order valence-corrected chi connectivity index (χ3v) is 8.19. The average molecular weight is 456 g/mol. The third kappa shape index (κ3) is 3.81. The zero-order chi connectivity index (χ0) is 21.4. The SMILES string of the molecule is COCCn1c(SCC(=O)N2CCCc3ccccc32)nc2sc3c(c2c1=O)CCC3. The average Bonchev–Trinajstić information content (AvgIpc) is 3.37. The summed E-state index contributed by atoms with van der Waals surface area (Å²) in [5, 5.41) is 1.38. The zero-order valence-electron chi connectivity index (χ0n) is 17.6. The lowest BCUT2D eigenvalue weighted by molar-refractivity contribution is -0.116. The number of anilines is 1. The number of aryl methyl sites for hydroxylation is 3. The van der Waals surface area contributed by atoms with Gasteiger partial charge in [-0.2, -0.15) is 0 Å². The van der Waals surface area contributed by atoms with Crippen molar-refractivity contribution in [1.29, 1.82) is 0 Å². The molecule has 0 saturated heterocycles. The summed E-state index contributed by atoms with van der Waals surface area (Å²) in [5.74, 6) is 0.308. The van der Waals surface area contributed by atoms with Gasteiger partial charge in [0.2, 0.25) is 5.91 Å². The standard InChI is InChI=1S/C23H25N3O3S2/c1-29-13-12-26-22(28)20-16-8-4-10-18(16)31-21(20)24-23(26)30-14-19(27)25-11-5-7-15-6-2-3-9-17(15)25/h2-3,6,9H,4-5,7-8,10-14H2,1H3. The Kier molecular flexibility index (Phi) is 5.86. The van der Waals surface area contributed by atoms with Gasteiger partial charge in [0.05, 0.1) is 24.3 Å². The molecule has 0 N–H and O–H groups in total. The number of thiophene rings is 1. The number of rotatable bonds is 6. The molecule has 0 fully saturated rings. The van der Waals surface area contributed by atoms with E-state index in [2.05, 4.69) is 6.07 Å². The molecule has 3 heterocycles. The molecule has 0 bridgehead atoms. The number of ether oxygens (including phenoxy) is 1. The first-order chi connectivity index (χ1) is 15.2. The fourth-order valence-corrected chi connectivity index (χ4v) is 6.75. The smallest absolute Gasteiger partial charge is 0.263 e. The molecule has 2 aliphatic rings. The number of benzene rings is 1. The van der Waals surface area contributed by atoms with E-state index in [0.717, 1.165) is 54.6 Å². The Balaban J connectivity index is 1.44. The Labute approximate surface area is 189 Å². The van der Waals surface area contributed by atoms with Crippen molar-refractivity contribution in [3.05, 3.63) is 50.6 Å². The second-order valence-corrected chi connectivity index (χ2v) is 9.97. The monoisotopic (exact) mass is 455 g/mol. The molecule has 31 heavy (non-hydrogen) atoms. The van der Waals surface area contributed by atoms with E-state index in [-0.39, 0.29) is 17.2 Å². The van der Waals surface area contributed by atoms with Gasteiger partial charge >= 0.3 is 0 Å². The van der Waals surface area contributed by atoms with Crippen molar-refractivity contribution in [3.63, 3.8) is 0 Å². The van der Waals surface area contributed by atoms with E-state index in [4.69, 9.17) is 9.72 Å². The van der Waals surface area contributed by atoms with E-state index in [9.17, 15) is 9.59 Å². The van der Waals surface area contributed by atoms with Gasteiger partial charge in [0.15, 0.2) is 5.16 Å². The number of fused-ring (bicyclic) bond motifs is 4. The maximum absolute atomic E-state index is 13.4. The molecule has 0 saturated carbocycles. The Morgan fingerprint density at radius 1 is 1.23 bits per heavy atom. The first kappa shape index (κ1) is 20.7. The number of amides is 1. The summed E-state index contributed by atoms with van der Waals surface area (Å²) in [7, 11) is 1.63. The van der Waals surface area contributed by atoms with Crippen LogP contribution in [0.2, 0.25) is 0 Å². The van der Waals surface area contributed by atoms with Gasteiger partial charge in [0, 0.05) is 24.2 Å². The minimum absolute atomic E-state index is 0.000262. The van der Waals surface area contributed by atoms with Crippen LogP contribution in [0.3, 0.4) is 0 Å². The van der Waals surface area contributed by atoms with Crippen LogP contribution in [-0.4, -0.2) is 41.5 Å². The molecule has 5 rings (SSSR count). The minimum atomic E-state index is -0.000262. The molecule has 2 aromatic heterocycles. The first-order valence-electron chi connectivity index (χ1n) is 10.7. The van der Waals surface area contributed by atoms with Crippen molar-refractivity contribution in [1.82, 2.24) is 9.55 Å². The highest BCUT2D eigenvalue weighted by Crippen LogP contribution is 2.36. The summed E-state index contributed by atoms with van der Waals surface area (Å²) in [6, 6.07) is 8.11. The minimum Gasteiger partial charge on any atom is -0.383 e. The van der Waals surface area contributed by atoms with Crippen LogP contribution >= 0.6 is 23.1 Å². The fourth-order valence-electron chi connectivity index (χ4n) is 4.55. The highest BCUT2D eigenvalue weighted by molar-refractivity contribution is 7.99. The van der Waals surface area contributed by atoms with Crippen LogP contribution in [0.1, 0.15) is 28.8 Å². The Morgan fingerprint density at radius 2 is 2.10 bits per heavy atom. The number of carbonyl (C=O) groups is 1.